The highest BCUT2D eigenvalue weighted by Crippen LogP contribution is 2.53. The van der Waals surface area contributed by atoms with Crippen LogP contribution in [0.2, 0.25) is 0 Å². The van der Waals surface area contributed by atoms with Crippen LogP contribution in [-0.4, -0.2) is 63.2 Å². The number of methoxy groups -OCH3 is 3. The van der Waals surface area contributed by atoms with Gasteiger partial charge in [0.05, 0.1) is 33.5 Å². The third-order valence-electron chi connectivity index (χ3n) is 6.62. The summed E-state index contributed by atoms with van der Waals surface area (Å²) < 4.78 is 32.5. The number of esters is 1. The number of rotatable bonds is 12. The second-order valence-electron chi connectivity index (χ2n) is 8.99. The molecule has 0 radical (unpaired) electrons. The minimum atomic E-state index is -1.09. The Balaban J connectivity index is 1.73. The number of nitrogens with one attached hydrogen (secondary N) is 2. The molecule has 1 amide bonds. The van der Waals surface area contributed by atoms with Crippen molar-refractivity contribution in [3.05, 3.63) is 69.1 Å². The summed E-state index contributed by atoms with van der Waals surface area (Å²) in [4.78, 5) is 41.5. The van der Waals surface area contributed by atoms with Crippen molar-refractivity contribution in [2.24, 2.45) is 0 Å². The van der Waals surface area contributed by atoms with E-state index in [4.69, 9.17) is 28.4 Å². The van der Waals surface area contributed by atoms with Crippen molar-refractivity contribution in [1.29, 1.82) is 0 Å². The fourth-order valence-electron chi connectivity index (χ4n) is 4.64. The second kappa shape index (κ2) is 13.0. The van der Waals surface area contributed by atoms with Crippen LogP contribution in [-0.2, 0) is 16.0 Å². The number of carbonyl (C=O) groups excluding carboxylic acids is 2. The molecule has 0 saturated carbocycles. The lowest BCUT2D eigenvalue weighted by Gasteiger charge is -2.23. The Hall–Kier alpha value is -4.87. The zero-order valence-electron chi connectivity index (χ0n) is 23.2. The largest absolute Gasteiger partial charge is 0.506 e. The predicted octanol–water partition coefficient (Wildman–Crippen LogP) is 2.89. The molecule has 0 aliphatic carbocycles. The molecule has 0 fully saturated rings. The van der Waals surface area contributed by atoms with Gasteiger partial charge in [0.25, 0.3) is 5.56 Å². The Labute approximate surface area is 236 Å². The molecule has 1 aliphatic heterocycles. The smallest absolute Gasteiger partial charge is 0.343 e. The predicted molar refractivity (Wildman–Crippen MR) is 147 cm³/mol. The first-order chi connectivity index (χ1) is 19.8. The molecule has 218 valence electrons. The van der Waals surface area contributed by atoms with Crippen LogP contribution in [0.3, 0.4) is 0 Å². The van der Waals surface area contributed by atoms with E-state index in [2.05, 4.69) is 10.3 Å². The molecule has 0 bridgehead atoms. The number of carbonyl (C=O) groups is 2. The number of ether oxygens (including phenoxy) is 6. The fourth-order valence-corrected chi connectivity index (χ4v) is 4.64. The molecular formula is C29H32N2O10. The minimum Gasteiger partial charge on any atom is -0.506 e. The van der Waals surface area contributed by atoms with Gasteiger partial charge >= 0.3 is 5.97 Å². The highest BCUT2D eigenvalue weighted by Gasteiger charge is 2.35. The third kappa shape index (κ3) is 6.16. The second-order valence-corrected chi connectivity index (χ2v) is 8.99. The van der Waals surface area contributed by atoms with Crippen LogP contribution in [0.1, 0.15) is 46.3 Å². The van der Waals surface area contributed by atoms with Gasteiger partial charge in [-0.1, -0.05) is 12.1 Å². The summed E-state index contributed by atoms with van der Waals surface area (Å²) in [5.41, 5.74) is 0.116. The van der Waals surface area contributed by atoms with E-state index in [1.165, 1.54) is 14.2 Å². The van der Waals surface area contributed by atoms with Crippen molar-refractivity contribution in [3.63, 3.8) is 0 Å². The molecule has 0 unspecified atom stereocenters. The molecule has 0 saturated heterocycles. The van der Waals surface area contributed by atoms with Gasteiger partial charge in [-0.2, -0.15) is 0 Å². The number of pyridine rings is 1. The average Bonchev–Trinajstić information content (AvgIpc) is 3.46. The zero-order valence-corrected chi connectivity index (χ0v) is 23.2. The van der Waals surface area contributed by atoms with Crippen LogP contribution in [0.4, 0.5) is 0 Å². The summed E-state index contributed by atoms with van der Waals surface area (Å²) in [6, 6.07) is 9.01. The third-order valence-corrected chi connectivity index (χ3v) is 6.62. The molecule has 0 spiro atoms. The monoisotopic (exact) mass is 568 g/mol. The van der Waals surface area contributed by atoms with Crippen LogP contribution in [0.5, 0.6) is 34.5 Å². The maximum Gasteiger partial charge on any atom is 0.343 e. The van der Waals surface area contributed by atoms with Gasteiger partial charge in [-0.25, -0.2) is 4.79 Å². The van der Waals surface area contributed by atoms with Gasteiger partial charge in [-0.3, -0.25) is 9.59 Å². The summed E-state index contributed by atoms with van der Waals surface area (Å²) >= 11 is 0. The van der Waals surface area contributed by atoms with E-state index in [9.17, 15) is 19.5 Å². The van der Waals surface area contributed by atoms with E-state index in [1.807, 2.05) is 24.3 Å². The summed E-state index contributed by atoms with van der Waals surface area (Å²) in [5.74, 6) is -1.23. The first-order valence-corrected chi connectivity index (χ1v) is 12.9. The first kappa shape index (κ1) is 29.1. The minimum absolute atomic E-state index is 0.0555. The summed E-state index contributed by atoms with van der Waals surface area (Å²) in [5, 5.41) is 14.0. The molecule has 2 heterocycles. The molecule has 1 atom stereocenters. The molecule has 41 heavy (non-hydrogen) atoms. The van der Waals surface area contributed by atoms with E-state index in [1.54, 1.807) is 20.1 Å². The standard InChI is InChI=1S/C29H32N2O10/c1-5-39-29(35)20-14-31-28(34)23(24(20)33)18(13-22(32)30-11-10-16-6-8-17(36-2)9-7-16)19-12-21(37-3)26-27(25(19)38-4)41-15-40-26/h6-9,12,14,18H,5,10-11,13,15H2,1-4H3,(H,30,32)(H2,31,33,34)/t18-/m0/s1. The lowest BCUT2D eigenvalue weighted by Crippen LogP contribution is -2.29. The van der Waals surface area contributed by atoms with Crippen LogP contribution >= 0.6 is 0 Å². The SMILES string of the molecule is CCOC(=O)c1c[nH]c(=O)c([C@@H](CC(=O)NCCc2ccc(OC)cc2)c2cc(OC)c3c(c2OC)OCO3)c1O. The lowest BCUT2D eigenvalue weighted by atomic mass is 9.86. The van der Waals surface area contributed by atoms with Crippen LogP contribution < -0.4 is 34.6 Å². The van der Waals surface area contributed by atoms with E-state index in [0.717, 1.165) is 17.5 Å². The molecular weight excluding hydrogens is 536 g/mol. The Kier molecular flexibility index (Phi) is 9.23. The van der Waals surface area contributed by atoms with Crippen LogP contribution in [0, 0.1) is 0 Å². The zero-order chi connectivity index (χ0) is 29.5. The molecule has 1 aromatic heterocycles. The number of H-pyrrole nitrogens is 1. The average molecular weight is 569 g/mol. The number of aromatic hydroxyl groups is 1. The topological polar surface area (TPSA) is 155 Å². The Morgan fingerprint density at radius 2 is 1.80 bits per heavy atom. The van der Waals surface area contributed by atoms with Gasteiger partial charge in [0.1, 0.15) is 17.1 Å². The van der Waals surface area contributed by atoms with Gasteiger partial charge in [0.15, 0.2) is 11.5 Å². The number of fused-ring (bicyclic) bond motifs is 1. The van der Waals surface area contributed by atoms with Crippen molar-refractivity contribution in [3.8, 4) is 34.5 Å². The Morgan fingerprint density at radius 3 is 2.46 bits per heavy atom. The van der Waals surface area contributed by atoms with E-state index >= 15 is 0 Å². The van der Waals surface area contributed by atoms with Gasteiger partial charge < -0.3 is 43.8 Å². The maximum absolute atomic E-state index is 13.3. The van der Waals surface area contributed by atoms with Crippen molar-refractivity contribution >= 4 is 11.9 Å². The first-order valence-electron chi connectivity index (χ1n) is 12.9. The van der Waals surface area contributed by atoms with Crippen molar-refractivity contribution in [2.45, 2.75) is 25.7 Å². The maximum atomic E-state index is 13.3. The van der Waals surface area contributed by atoms with E-state index in [-0.39, 0.29) is 48.2 Å². The fraction of sp³-hybridized carbons (Fsp3) is 0.345. The summed E-state index contributed by atoms with van der Waals surface area (Å²) in [6.07, 6.45) is 1.33. The van der Waals surface area contributed by atoms with Crippen LogP contribution in [0.25, 0.3) is 0 Å². The molecule has 12 heteroatoms. The van der Waals surface area contributed by atoms with Crippen LogP contribution in [0.15, 0.2) is 41.3 Å². The molecule has 2 aromatic carbocycles. The molecule has 4 rings (SSSR count). The van der Waals surface area contributed by atoms with Crippen molar-refractivity contribution in [2.75, 3.05) is 41.3 Å². The number of hydrogen-bond acceptors (Lipinski definition) is 10. The van der Waals surface area contributed by atoms with Gasteiger partial charge in [0, 0.05) is 30.6 Å². The highest BCUT2D eigenvalue weighted by molar-refractivity contribution is 5.92. The van der Waals surface area contributed by atoms with E-state index in [0.29, 0.717) is 24.3 Å². The summed E-state index contributed by atoms with van der Waals surface area (Å²) in [7, 11) is 4.42. The molecule has 3 N–H and O–H groups in total. The Bertz CT molecular complexity index is 1470. The normalized spacial score (nSPS) is 12.4. The van der Waals surface area contributed by atoms with Gasteiger partial charge in [-0.05, 0) is 37.1 Å². The number of benzene rings is 2. The number of aromatic nitrogens is 1. The number of amides is 1. The molecule has 12 nitrogen and oxygen atoms in total. The van der Waals surface area contributed by atoms with E-state index < -0.39 is 29.1 Å². The lowest BCUT2D eigenvalue weighted by molar-refractivity contribution is -0.121. The van der Waals surface area contributed by atoms with Gasteiger partial charge in [-0.15, -0.1) is 0 Å². The van der Waals surface area contributed by atoms with Crippen molar-refractivity contribution in [1.82, 2.24) is 10.3 Å². The quantitative estimate of drug-likeness (QED) is 0.278. The summed E-state index contributed by atoms with van der Waals surface area (Å²) in [6.45, 7) is 1.89. The van der Waals surface area contributed by atoms with Crippen molar-refractivity contribution < 1.29 is 43.1 Å². The Morgan fingerprint density at radius 1 is 1.07 bits per heavy atom. The molecule has 3 aromatic rings. The highest BCUT2D eigenvalue weighted by atomic mass is 16.7. The number of aromatic amines is 1. The van der Waals surface area contributed by atoms with Gasteiger partial charge in [0.2, 0.25) is 24.2 Å². The number of hydrogen-bond donors (Lipinski definition) is 3. The molecule has 1 aliphatic rings.